The molecule has 40 heavy (non-hydrogen) atoms. The molecule has 0 radical (unpaired) electrons. The molecule has 4 N–H and O–H groups in total. The molecule has 3 aromatic rings. The Morgan fingerprint density at radius 2 is 1.52 bits per heavy atom. The molecular formula is C31H33BN2O6. The normalized spacial score (nSPS) is 17.3. The Balaban J connectivity index is 1.34. The van der Waals surface area contributed by atoms with E-state index in [-0.39, 0.29) is 30.3 Å². The predicted molar refractivity (Wildman–Crippen MR) is 155 cm³/mol. The maximum atomic E-state index is 12.9. The van der Waals surface area contributed by atoms with Crippen LogP contribution in [0.25, 0.3) is 17.2 Å². The molecule has 0 unspecified atom stereocenters. The lowest BCUT2D eigenvalue weighted by molar-refractivity contribution is 0.00578. The summed E-state index contributed by atoms with van der Waals surface area (Å²) in [6, 6.07) is 21.1. The number of carbonyl (C=O) groups is 2. The number of aromatic carboxylic acids is 1. The minimum atomic E-state index is -1.12. The third-order valence-electron chi connectivity index (χ3n) is 8.05. The van der Waals surface area contributed by atoms with Crippen LogP contribution in [0.1, 0.15) is 60.7 Å². The van der Waals surface area contributed by atoms with Crippen LogP contribution in [0.3, 0.4) is 0 Å². The van der Waals surface area contributed by atoms with Crippen LogP contribution < -0.4 is 11.1 Å². The van der Waals surface area contributed by atoms with Crippen molar-refractivity contribution in [2.24, 2.45) is 0 Å². The number of nitrogens with two attached hydrogens (primary N) is 1. The van der Waals surface area contributed by atoms with Crippen molar-refractivity contribution in [1.82, 2.24) is 5.32 Å². The first-order valence-corrected chi connectivity index (χ1v) is 13.3. The molecule has 206 valence electrons. The van der Waals surface area contributed by atoms with Crippen molar-refractivity contribution in [2.45, 2.75) is 44.8 Å². The summed E-state index contributed by atoms with van der Waals surface area (Å²) in [5.74, 6) is -1.18. The van der Waals surface area contributed by atoms with Gasteiger partial charge in [-0.05, 0) is 67.1 Å². The Kier molecular flexibility index (Phi) is 7.20. The number of amides is 1. The highest BCUT2D eigenvalue weighted by Crippen LogP contribution is 2.44. The lowest BCUT2D eigenvalue weighted by Crippen LogP contribution is -2.41. The highest BCUT2D eigenvalue weighted by molar-refractivity contribution is 6.56. The Bertz CT molecular complexity index is 1440. The van der Waals surface area contributed by atoms with Crippen molar-refractivity contribution < 1.29 is 28.7 Å². The van der Waals surface area contributed by atoms with Crippen LogP contribution in [0.2, 0.25) is 0 Å². The monoisotopic (exact) mass is 540 g/mol. The Morgan fingerprint density at radius 1 is 0.950 bits per heavy atom. The highest BCUT2D eigenvalue weighted by atomic mass is 16.7. The minimum Gasteiger partial charge on any atom is -0.478 e. The number of carboxylic acids is 1. The van der Waals surface area contributed by atoms with Crippen molar-refractivity contribution in [3.05, 3.63) is 94.5 Å². The van der Waals surface area contributed by atoms with E-state index in [9.17, 15) is 14.7 Å². The van der Waals surface area contributed by atoms with Crippen molar-refractivity contribution >= 4 is 30.9 Å². The van der Waals surface area contributed by atoms with E-state index >= 15 is 0 Å². The van der Waals surface area contributed by atoms with Gasteiger partial charge in [0.1, 0.15) is 6.61 Å². The summed E-state index contributed by atoms with van der Waals surface area (Å²) < 4.78 is 18.2. The summed E-state index contributed by atoms with van der Waals surface area (Å²) in [4.78, 5) is 24.5. The average Bonchev–Trinajstić information content (AvgIpc) is 3.35. The molecule has 9 heteroatoms. The number of carbonyl (C=O) groups excluding carboxylic acids is 1. The fraction of sp³-hybridized carbons (Fsp3) is 0.290. The number of fused-ring (bicyclic) bond motifs is 3. The number of alkyl carbamates (subject to hydrolysis) is 1. The van der Waals surface area contributed by atoms with E-state index in [1.54, 1.807) is 18.2 Å². The van der Waals surface area contributed by atoms with E-state index in [1.807, 2.05) is 52.0 Å². The van der Waals surface area contributed by atoms with Gasteiger partial charge in [-0.15, -0.1) is 0 Å². The summed E-state index contributed by atoms with van der Waals surface area (Å²) in [5.41, 5.74) is 10.7. The molecule has 5 rings (SSSR count). The molecule has 0 aromatic heterocycles. The van der Waals surface area contributed by atoms with Gasteiger partial charge in [-0.25, -0.2) is 9.59 Å². The third-order valence-corrected chi connectivity index (χ3v) is 8.05. The maximum absolute atomic E-state index is 12.9. The van der Waals surface area contributed by atoms with Gasteiger partial charge in [-0.3, -0.25) is 0 Å². The molecule has 1 saturated heterocycles. The average molecular weight is 540 g/mol. The molecular weight excluding hydrogens is 507 g/mol. The van der Waals surface area contributed by atoms with Crippen LogP contribution in [0.15, 0.2) is 72.2 Å². The molecule has 3 aromatic carbocycles. The van der Waals surface area contributed by atoms with E-state index in [1.165, 1.54) is 6.07 Å². The fourth-order valence-corrected chi connectivity index (χ4v) is 5.12. The van der Waals surface area contributed by atoms with Gasteiger partial charge in [0.2, 0.25) is 0 Å². The van der Waals surface area contributed by atoms with E-state index in [2.05, 4.69) is 29.6 Å². The van der Waals surface area contributed by atoms with Gasteiger partial charge < -0.3 is 30.2 Å². The minimum absolute atomic E-state index is 0.00786. The lowest BCUT2D eigenvalue weighted by atomic mass is 9.76. The van der Waals surface area contributed by atoms with Gasteiger partial charge in [0.25, 0.3) is 0 Å². The first kappa shape index (κ1) is 27.5. The smallest absolute Gasteiger partial charge is 0.478 e. The van der Waals surface area contributed by atoms with E-state index in [0.717, 1.165) is 22.3 Å². The first-order valence-electron chi connectivity index (χ1n) is 13.3. The Hall–Kier alpha value is -4.08. The van der Waals surface area contributed by atoms with Crippen LogP contribution in [-0.4, -0.2) is 48.6 Å². The lowest BCUT2D eigenvalue weighted by Gasteiger charge is -2.32. The topological polar surface area (TPSA) is 120 Å². The van der Waals surface area contributed by atoms with Crippen LogP contribution in [0.4, 0.5) is 10.5 Å². The largest absolute Gasteiger partial charge is 0.492 e. The summed E-state index contributed by atoms with van der Waals surface area (Å²) in [6.07, 6.45) is 1.12. The van der Waals surface area contributed by atoms with Gasteiger partial charge in [0.05, 0.1) is 22.5 Å². The highest BCUT2D eigenvalue weighted by Gasteiger charge is 2.52. The second-order valence-electron chi connectivity index (χ2n) is 11.1. The number of anilines is 1. The first-order chi connectivity index (χ1) is 19.0. The molecule has 1 fully saturated rings. The number of hydrogen-bond donors (Lipinski definition) is 3. The number of ether oxygens (including phenoxy) is 1. The summed E-state index contributed by atoms with van der Waals surface area (Å²) in [7, 11) is -0.785. The quantitative estimate of drug-likeness (QED) is 0.267. The third kappa shape index (κ3) is 5.10. The molecule has 1 heterocycles. The molecule has 8 nitrogen and oxygen atoms in total. The van der Waals surface area contributed by atoms with E-state index in [4.69, 9.17) is 19.8 Å². The fourth-order valence-electron chi connectivity index (χ4n) is 5.12. The summed E-state index contributed by atoms with van der Waals surface area (Å²) >= 11 is 0. The zero-order valence-corrected chi connectivity index (χ0v) is 23.1. The van der Waals surface area contributed by atoms with Crippen LogP contribution >= 0.6 is 0 Å². The zero-order chi connectivity index (χ0) is 28.7. The number of nitrogen functional groups attached to an aromatic ring is 1. The van der Waals surface area contributed by atoms with Gasteiger partial charge in [0, 0.05) is 12.5 Å². The zero-order valence-electron chi connectivity index (χ0n) is 23.1. The van der Waals surface area contributed by atoms with Crippen LogP contribution in [0.5, 0.6) is 0 Å². The predicted octanol–water partition coefficient (Wildman–Crippen LogP) is 5.52. The standard InChI is InChI=1S/C31H33BN2O6/c1-30(2)31(3,4)40-32(39-30)20(16-19-10-9-15-25(27(19)33)28(35)36)17-34-29(37)38-18-26-23-13-7-5-11-21(23)22-12-6-8-14-24(22)26/h5-16,26H,17-18,33H2,1-4H3,(H,34,37)(H,35,36). The number of para-hydroxylation sites is 1. The molecule has 0 saturated carbocycles. The van der Waals surface area contributed by atoms with Gasteiger partial charge in [-0.2, -0.15) is 0 Å². The molecule has 1 aliphatic carbocycles. The molecule has 1 aliphatic heterocycles. The molecule has 2 aliphatic rings. The molecule has 0 atom stereocenters. The number of hydrogen-bond acceptors (Lipinski definition) is 6. The Morgan fingerprint density at radius 3 is 2.10 bits per heavy atom. The second kappa shape index (κ2) is 10.5. The SMILES string of the molecule is CC1(C)OB(C(=Cc2cccc(C(=O)O)c2N)CNC(=O)OCC2c3ccccc3-c3ccccc32)OC1(C)C. The number of carboxylic acid groups (broad SMARTS) is 1. The van der Waals surface area contributed by atoms with Gasteiger partial charge >= 0.3 is 19.2 Å². The number of nitrogens with one attached hydrogen (secondary N) is 1. The van der Waals surface area contributed by atoms with E-state index < -0.39 is 30.4 Å². The number of rotatable bonds is 7. The summed E-state index contributed by atoms with van der Waals surface area (Å²) in [5, 5.41) is 12.3. The Labute approximate surface area is 234 Å². The molecule has 0 spiro atoms. The number of benzene rings is 3. The molecule has 0 bridgehead atoms. The second-order valence-corrected chi connectivity index (χ2v) is 11.1. The maximum Gasteiger partial charge on any atom is 0.492 e. The van der Waals surface area contributed by atoms with E-state index in [0.29, 0.717) is 11.0 Å². The van der Waals surface area contributed by atoms with Gasteiger partial charge in [0.15, 0.2) is 0 Å². The van der Waals surface area contributed by atoms with Crippen molar-refractivity contribution in [2.75, 3.05) is 18.9 Å². The van der Waals surface area contributed by atoms with Crippen molar-refractivity contribution in [3.8, 4) is 11.1 Å². The molecule has 1 amide bonds. The van der Waals surface area contributed by atoms with Crippen LogP contribution in [0, 0.1) is 0 Å². The van der Waals surface area contributed by atoms with Gasteiger partial charge in [-0.1, -0.05) is 66.7 Å². The van der Waals surface area contributed by atoms with Crippen molar-refractivity contribution in [3.63, 3.8) is 0 Å². The van der Waals surface area contributed by atoms with Crippen molar-refractivity contribution in [1.29, 1.82) is 0 Å². The van der Waals surface area contributed by atoms with Crippen LogP contribution in [-0.2, 0) is 14.0 Å². The summed E-state index contributed by atoms with van der Waals surface area (Å²) in [6.45, 7) is 7.96.